The van der Waals surface area contributed by atoms with Crippen molar-refractivity contribution in [3.8, 4) is 0 Å². The number of hydrogen-bond acceptors (Lipinski definition) is 2. The van der Waals surface area contributed by atoms with E-state index in [1.165, 1.54) is 0 Å². The van der Waals surface area contributed by atoms with E-state index in [-0.39, 0.29) is 16.2 Å². The van der Waals surface area contributed by atoms with Gasteiger partial charge in [-0.1, -0.05) is 23.7 Å². The highest BCUT2D eigenvalue weighted by Gasteiger charge is 2.19. The number of hydrogen-bond donors (Lipinski definition) is 1. The Hall–Kier alpha value is -0.250. The third-order valence-electron chi connectivity index (χ3n) is 2.20. The van der Waals surface area contributed by atoms with Crippen LogP contribution in [0.1, 0.15) is 17.4 Å². The van der Waals surface area contributed by atoms with Gasteiger partial charge >= 0.3 is 0 Å². The zero-order valence-corrected chi connectivity index (χ0v) is 9.17. The maximum atomic E-state index is 13.6. The molecule has 2 rings (SSSR count). The van der Waals surface area contributed by atoms with E-state index in [1.807, 2.05) is 0 Å². The number of rotatable bonds is 1. The van der Waals surface area contributed by atoms with Gasteiger partial charge < -0.3 is 5.32 Å². The molecule has 14 heavy (non-hydrogen) atoms. The van der Waals surface area contributed by atoms with Crippen LogP contribution in [0.4, 0.5) is 4.39 Å². The predicted molar refractivity (Wildman–Crippen MR) is 59.2 cm³/mol. The molecule has 0 amide bonds. The van der Waals surface area contributed by atoms with Crippen molar-refractivity contribution in [2.45, 2.75) is 11.8 Å². The minimum atomic E-state index is -0.291. The van der Waals surface area contributed by atoms with Gasteiger partial charge in [0.25, 0.3) is 0 Å². The third kappa shape index (κ3) is 2.05. The monoisotopic (exact) mass is 231 g/mol. The van der Waals surface area contributed by atoms with Crippen molar-refractivity contribution < 1.29 is 4.39 Å². The molecule has 1 atom stereocenters. The van der Waals surface area contributed by atoms with Crippen molar-refractivity contribution >= 4 is 23.4 Å². The van der Waals surface area contributed by atoms with Gasteiger partial charge in [-0.3, -0.25) is 0 Å². The fourth-order valence-electron chi connectivity index (χ4n) is 1.49. The highest BCUT2D eigenvalue weighted by Crippen LogP contribution is 2.33. The van der Waals surface area contributed by atoms with Crippen LogP contribution in [0.5, 0.6) is 0 Å². The van der Waals surface area contributed by atoms with Gasteiger partial charge in [0.15, 0.2) is 0 Å². The third-order valence-corrected chi connectivity index (χ3v) is 3.77. The summed E-state index contributed by atoms with van der Waals surface area (Å²) in [6, 6.07) is 5.16. The molecule has 1 fully saturated rings. The first kappa shape index (κ1) is 10.3. The van der Waals surface area contributed by atoms with Gasteiger partial charge in [0, 0.05) is 5.56 Å². The van der Waals surface area contributed by atoms with E-state index in [0.29, 0.717) is 5.56 Å². The zero-order valence-electron chi connectivity index (χ0n) is 7.59. The molecule has 0 aromatic heterocycles. The summed E-state index contributed by atoms with van der Waals surface area (Å²) in [5.74, 6) is 0.782. The van der Waals surface area contributed by atoms with Crippen LogP contribution in [0.15, 0.2) is 18.2 Å². The summed E-state index contributed by atoms with van der Waals surface area (Å²) < 4.78 is 13.6. The molecule has 0 saturated carbocycles. The minimum Gasteiger partial charge on any atom is -0.302 e. The maximum absolute atomic E-state index is 13.6. The van der Waals surface area contributed by atoms with E-state index >= 15 is 0 Å². The molecule has 1 heterocycles. The summed E-state index contributed by atoms with van der Waals surface area (Å²) >= 11 is 7.45. The Morgan fingerprint density at radius 1 is 1.50 bits per heavy atom. The molecule has 1 N–H and O–H groups in total. The van der Waals surface area contributed by atoms with E-state index in [2.05, 4.69) is 5.32 Å². The number of halogens is 2. The van der Waals surface area contributed by atoms with Gasteiger partial charge in [0.1, 0.15) is 5.82 Å². The molecule has 76 valence electrons. The molecular weight excluding hydrogens is 221 g/mol. The molecule has 1 nitrogen and oxygen atoms in total. The SMILES string of the molecule is Fc1c(Cl)cccc1C1NCCCS1. The van der Waals surface area contributed by atoms with Crippen molar-refractivity contribution in [1.29, 1.82) is 0 Å². The van der Waals surface area contributed by atoms with E-state index in [9.17, 15) is 4.39 Å². The topological polar surface area (TPSA) is 12.0 Å². The normalized spacial score (nSPS) is 22.3. The van der Waals surface area contributed by atoms with E-state index in [0.717, 1.165) is 18.7 Å². The standard InChI is InChI=1S/C10H11ClFNS/c11-8-4-1-3-7(9(8)12)10-13-5-2-6-14-10/h1,3-4,10,13H,2,5-6H2. The molecule has 0 bridgehead atoms. The average Bonchev–Trinajstić information content (AvgIpc) is 2.23. The van der Waals surface area contributed by atoms with Gasteiger partial charge in [-0.05, 0) is 24.8 Å². The molecule has 1 unspecified atom stereocenters. The Morgan fingerprint density at radius 2 is 2.36 bits per heavy atom. The molecule has 0 radical (unpaired) electrons. The lowest BCUT2D eigenvalue weighted by Crippen LogP contribution is -2.25. The quantitative estimate of drug-likeness (QED) is 0.797. The van der Waals surface area contributed by atoms with Crippen molar-refractivity contribution in [3.63, 3.8) is 0 Å². The van der Waals surface area contributed by atoms with E-state index in [4.69, 9.17) is 11.6 Å². The second kappa shape index (κ2) is 4.51. The fourth-order valence-corrected chi connectivity index (χ4v) is 2.81. The van der Waals surface area contributed by atoms with Crippen molar-refractivity contribution in [1.82, 2.24) is 5.32 Å². The highest BCUT2D eigenvalue weighted by molar-refractivity contribution is 7.99. The molecule has 1 aliphatic heterocycles. The largest absolute Gasteiger partial charge is 0.302 e. The second-order valence-electron chi connectivity index (χ2n) is 3.20. The summed E-state index contributed by atoms with van der Waals surface area (Å²) in [5.41, 5.74) is 0.669. The van der Waals surface area contributed by atoms with Gasteiger partial charge in [-0.15, -0.1) is 11.8 Å². The molecular formula is C10H11ClFNS. The minimum absolute atomic E-state index is 0.0578. The predicted octanol–water partition coefficient (Wildman–Crippen LogP) is 3.20. The smallest absolute Gasteiger partial charge is 0.147 e. The molecule has 1 saturated heterocycles. The lowest BCUT2D eigenvalue weighted by atomic mass is 10.2. The molecule has 1 aromatic rings. The highest BCUT2D eigenvalue weighted by atomic mass is 35.5. The molecule has 4 heteroatoms. The first-order valence-electron chi connectivity index (χ1n) is 4.58. The average molecular weight is 232 g/mol. The Morgan fingerprint density at radius 3 is 3.07 bits per heavy atom. The van der Waals surface area contributed by atoms with Crippen LogP contribution in [0.25, 0.3) is 0 Å². The Bertz CT molecular complexity index is 326. The molecule has 1 aromatic carbocycles. The Kier molecular flexibility index (Phi) is 3.31. The molecule has 1 aliphatic rings. The summed E-state index contributed by atoms with van der Waals surface area (Å²) in [6.07, 6.45) is 1.14. The first-order chi connectivity index (χ1) is 6.79. The van der Waals surface area contributed by atoms with Crippen LogP contribution in [-0.2, 0) is 0 Å². The first-order valence-corrected chi connectivity index (χ1v) is 6.00. The number of nitrogens with one attached hydrogen (secondary N) is 1. The zero-order chi connectivity index (χ0) is 9.97. The summed E-state index contributed by atoms with van der Waals surface area (Å²) in [6.45, 7) is 0.948. The van der Waals surface area contributed by atoms with E-state index < -0.39 is 0 Å². The van der Waals surface area contributed by atoms with Crippen LogP contribution >= 0.6 is 23.4 Å². The summed E-state index contributed by atoms with van der Waals surface area (Å²) in [4.78, 5) is 0. The number of thioether (sulfide) groups is 1. The molecule has 0 spiro atoms. The van der Waals surface area contributed by atoms with Gasteiger partial charge in [0.05, 0.1) is 10.4 Å². The van der Waals surface area contributed by atoms with Crippen LogP contribution in [0.3, 0.4) is 0 Å². The van der Waals surface area contributed by atoms with Crippen LogP contribution in [-0.4, -0.2) is 12.3 Å². The van der Waals surface area contributed by atoms with Crippen LogP contribution in [0, 0.1) is 5.82 Å². The Labute approximate surface area is 92.0 Å². The second-order valence-corrected chi connectivity index (χ2v) is 4.82. The van der Waals surface area contributed by atoms with Crippen molar-refractivity contribution in [2.75, 3.05) is 12.3 Å². The van der Waals surface area contributed by atoms with Crippen molar-refractivity contribution in [2.24, 2.45) is 0 Å². The lowest BCUT2D eigenvalue weighted by Gasteiger charge is -2.23. The van der Waals surface area contributed by atoms with Gasteiger partial charge in [0.2, 0.25) is 0 Å². The van der Waals surface area contributed by atoms with Gasteiger partial charge in [-0.25, -0.2) is 4.39 Å². The lowest BCUT2D eigenvalue weighted by molar-refractivity contribution is 0.574. The van der Waals surface area contributed by atoms with Crippen molar-refractivity contribution in [3.05, 3.63) is 34.6 Å². The fraction of sp³-hybridized carbons (Fsp3) is 0.400. The summed E-state index contributed by atoms with van der Waals surface area (Å²) in [5, 5.41) is 3.53. The van der Waals surface area contributed by atoms with E-state index in [1.54, 1.807) is 30.0 Å². The maximum Gasteiger partial charge on any atom is 0.147 e. The summed E-state index contributed by atoms with van der Waals surface area (Å²) in [7, 11) is 0. The van der Waals surface area contributed by atoms with Crippen LogP contribution < -0.4 is 5.32 Å². The van der Waals surface area contributed by atoms with Gasteiger partial charge in [-0.2, -0.15) is 0 Å². The Balaban J connectivity index is 2.26. The van der Waals surface area contributed by atoms with Crippen LogP contribution in [0.2, 0.25) is 5.02 Å². The molecule has 0 aliphatic carbocycles. The number of benzene rings is 1.